The minimum Gasteiger partial charge on any atom is -0.490 e. The molecule has 6 nitrogen and oxygen atoms in total. The molecule has 0 aliphatic heterocycles. The van der Waals surface area contributed by atoms with Crippen molar-refractivity contribution in [2.75, 3.05) is 13.2 Å². The zero-order valence-corrected chi connectivity index (χ0v) is 14.2. The highest BCUT2D eigenvalue weighted by Crippen LogP contribution is 2.28. The second-order valence-electron chi connectivity index (χ2n) is 5.70. The summed E-state index contributed by atoms with van der Waals surface area (Å²) in [6.07, 6.45) is 0. The van der Waals surface area contributed by atoms with E-state index in [1.54, 1.807) is 0 Å². The lowest BCUT2D eigenvalue weighted by Crippen LogP contribution is -2.10. The average molecular weight is 351 g/mol. The molecule has 0 bridgehead atoms. The summed E-state index contributed by atoms with van der Waals surface area (Å²) in [5, 5.41) is 13.4. The molecule has 0 radical (unpaired) electrons. The van der Waals surface area contributed by atoms with Crippen LogP contribution in [0.3, 0.4) is 0 Å². The van der Waals surface area contributed by atoms with Crippen molar-refractivity contribution in [1.29, 1.82) is 0 Å². The number of ether oxygens (including phenoxy) is 2. The molecule has 3 aromatic rings. The van der Waals surface area contributed by atoms with Gasteiger partial charge >= 0.3 is 5.69 Å². The number of fused-ring (bicyclic) bond motifs is 1. The Morgan fingerprint density at radius 3 is 2.42 bits per heavy atom. The Bertz CT molecular complexity index is 967. The average Bonchev–Trinajstić information content (AvgIpc) is 2.65. The summed E-state index contributed by atoms with van der Waals surface area (Å²) < 4.78 is 11.1. The Morgan fingerprint density at radius 1 is 0.962 bits per heavy atom. The third-order valence-corrected chi connectivity index (χ3v) is 3.89. The van der Waals surface area contributed by atoms with Crippen LogP contribution in [0.25, 0.3) is 10.8 Å². The third-order valence-electron chi connectivity index (χ3n) is 3.89. The molecule has 0 fully saturated rings. The predicted octanol–water partition coefficient (Wildman–Crippen LogP) is 4.41. The SMILES string of the molecule is CC(=O)c1ccc(OCCOc2ccc3ccccc3c2)c([N+](=O)[O-])c1. The highest BCUT2D eigenvalue weighted by Gasteiger charge is 2.17. The lowest BCUT2D eigenvalue weighted by atomic mass is 10.1. The normalized spacial score (nSPS) is 10.5. The van der Waals surface area contributed by atoms with Crippen molar-refractivity contribution in [1.82, 2.24) is 0 Å². The van der Waals surface area contributed by atoms with Crippen LogP contribution in [-0.4, -0.2) is 23.9 Å². The monoisotopic (exact) mass is 351 g/mol. The topological polar surface area (TPSA) is 78.7 Å². The van der Waals surface area contributed by atoms with Gasteiger partial charge in [0, 0.05) is 11.6 Å². The van der Waals surface area contributed by atoms with Crippen LogP contribution in [0.4, 0.5) is 5.69 Å². The van der Waals surface area contributed by atoms with Gasteiger partial charge in [0.25, 0.3) is 0 Å². The Morgan fingerprint density at radius 2 is 1.69 bits per heavy atom. The molecule has 3 aromatic carbocycles. The molecule has 132 valence electrons. The molecular formula is C20H17NO5. The van der Waals surface area contributed by atoms with Crippen LogP contribution in [0.2, 0.25) is 0 Å². The maximum atomic E-state index is 11.4. The summed E-state index contributed by atoms with van der Waals surface area (Å²) in [6.45, 7) is 1.74. The lowest BCUT2D eigenvalue weighted by molar-refractivity contribution is -0.385. The fourth-order valence-electron chi connectivity index (χ4n) is 2.57. The maximum Gasteiger partial charge on any atom is 0.311 e. The van der Waals surface area contributed by atoms with E-state index in [0.29, 0.717) is 5.75 Å². The van der Waals surface area contributed by atoms with E-state index in [-0.39, 0.29) is 36.0 Å². The molecule has 0 aliphatic rings. The van der Waals surface area contributed by atoms with E-state index in [4.69, 9.17) is 9.47 Å². The first-order valence-electron chi connectivity index (χ1n) is 8.08. The maximum absolute atomic E-state index is 11.4. The van der Waals surface area contributed by atoms with Gasteiger partial charge in [0.1, 0.15) is 19.0 Å². The van der Waals surface area contributed by atoms with Gasteiger partial charge in [-0.1, -0.05) is 30.3 Å². The van der Waals surface area contributed by atoms with Crippen LogP contribution in [-0.2, 0) is 0 Å². The van der Waals surface area contributed by atoms with E-state index in [1.165, 1.54) is 25.1 Å². The van der Waals surface area contributed by atoms with Gasteiger partial charge in [-0.15, -0.1) is 0 Å². The number of nitro benzene ring substituents is 1. The second kappa shape index (κ2) is 7.65. The summed E-state index contributed by atoms with van der Waals surface area (Å²) in [7, 11) is 0. The molecule has 0 atom stereocenters. The van der Waals surface area contributed by atoms with E-state index in [2.05, 4.69) is 0 Å². The van der Waals surface area contributed by atoms with Gasteiger partial charge in [-0.05, 0) is 42.0 Å². The highest BCUT2D eigenvalue weighted by molar-refractivity contribution is 5.95. The number of carbonyl (C=O) groups excluding carboxylic acids is 1. The number of nitrogens with zero attached hydrogens (tertiary/aromatic N) is 1. The summed E-state index contributed by atoms with van der Waals surface area (Å²) in [4.78, 5) is 22.0. The predicted molar refractivity (Wildman–Crippen MR) is 98.0 cm³/mol. The molecule has 0 aromatic heterocycles. The summed E-state index contributed by atoms with van der Waals surface area (Å²) >= 11 is 0. The van der Waals surface area contributed by atoms with Crippen molar-refractivity contribution in [3.63, 3.8) is 0 Å². The van der Waals surface area contributed by atoms with E-state index < -0.39 is 4.92 Å². The quantitative estimate of drug-likeness (QED) is 0.273. The molecule has 0 spiro atoms. The summed E-state index contributed by atoms with van der Waals surface area (Å²) in [5.41, 5.74) is 0.0415. The van der Waals surface area contributed by atoms with Gasteiger partial charge in [0.05, 0.1) is 4.92 Å². The van der Waals surface area contributed by atoms with Crippen LogP contribution < -0.4 is 9.47 Å². The molecule has 0 unspecified atom stereocenters. The Labute approximate surface area is 150 Å². The fourth-order valence-corrected chi connectivity index (χ4v) is 2.57. The molecule has 6 heteroatoms. The zero-order valence-electron chi connectivity index (χ0n) is 14.2. The smallest absolute Gasteiger partial charge is 0.311 e. The van der Waals surface area contributed by atoms with Crippen LogP contribution in [0.5, 0.6) is 11.5 Å². The number of hydrogen-bond donors (Lipinski definition) is 0. The third kappa shape index (κ3) is 3.97. The molecule has 0 saturated heterocycles. The second-order valence-corrected chi connectivity index (χ2v) is 5.70. The van der Waals surface area contributed by atoms with Crippen molar-refractivity contribution in [2.45, 2.75) is 6.92 Å². The minimum absolute atomic E-state index is 0.113. The van der Waals surface area contributed by atoms with Crippen LogP contribution in [0.1, 0.15) is 17.3 Å². The zero-order chi connectivity index (χ0) is 18.5. The molecule has 26 heavy (non-hydrogen) atoms. The van der Waals surface area contributed by atoms with Crippen molar-refractivity contribution < 1.29 is 19.2 Å². The number of ketones is 1. The number of Topliss-reactive ketones (excluding diaryl/α,β-unsaturated/α-hetero) is 1. The van der Waals surface area contributed by atoms with Crippen molar-refractivity contribution in [3.8, 4) is 11.5 Å². The Balaban J connectivity index is 1.62. The highest BCUT2D eigenvalue weighted by atomic mass is 16.6. The minimum atomic E-state index is -0.564. The molecule has 0 N–H and O–H groups in total. The number of benzene rings is 3. The van der Waals surface area contributed by atoms with Gasteiger partial charge in [0.15, 0.2) is 11.5 Å². The molecule has 0 saturated carbocycles. The Hall–Kier alpha value is -3.41. The van der Waals surface area contributed by atoms with Crippen LogP contribution in [0, 0.1) is 10.1 Å². The van der Waals surface area contributed by atoms with Gasteiger partial charge in [0.2, 0.25) is 0 Å². The van der Waals surface area contributed by atoms with Crippen LogP contribution >= 0.6 is 0 Å². The number of hydrogen-bond acceptors (Lipinski definition) is 5. The number of carbonyl (C=O) groups is 1. The Kier molecular flexibility index (Phi) is 5.12. The van der Waals surface area contributed by atoms with E-state index in [9.17, 15) is 14.9 Å². The first kappa shape index (κ1) is 17.4. The van der Waals surface area contributed by atoms with Gasteiger partial charge in [-0.25, -0.2) is 0 Å². The lowest BCUT2D eigenvalue weighted by Gasteiger charge is -2.10. The largest absolute Gasteiger partial charge is 0.490 e. The fraction of sp³-hybridized carbons (Fsp3) is 0.150. The molecule has 0 heterocycles. The van der Waals surface area contributed by atoms with Crippen molar-refractivity contribution in [3.05, 3.63) is 76.3 Å². The molecule has 3 rings (SSSR count). The summed E-state index contributed by atoms with van der Waals surface area (Å²) in [6, 6.07) is 17.9. The summed E-state index contributed by atoms with van der Waals surface area (Å²) in [5.74, 6) is 0.579. The number of rotatable bonds is 7. The van der Waals surface area contributed by atoms with Gasteiger partial charge < -0.3 is 9.47 Å². The molecule has 0 aliphatic carbocycles. The van der Waals surface area contributed by atoms with E-state index >= 15 is 0 Å². The first-order chi connectivity index (χ1) is 12.5. The number of nitro groups is 1. The standard InChI is InChI=1S/C20H17NO5/c1-14(22)16-7-9-20(19(13-16)21(23)24)26-11-10-25-18-8-6-15-4-2-3-5-17(15)12-18/h2-9,12-13H,10-11H2,1H3. The van der Waals surface area contributed by atoms with Gasteiger partial charge in [-0.2, -0.15) is 0 Å². The van der Waals surface area contributed by atoms with Crippen molar-refractivity contribution in [2.24, 2.45) is 0 Å². The molecular weight excluding hydrogens is 334 g/mol. The first-order valence-corrected chi connectivity index (χ1v) is 8.08. The van der Waals surface area contributed by atoms with E-state index in [1.807, 2.05) is 42.5 Å². The van der Waals surface area contributed by atoms with Crippen LogP contribution in [0.15, 0.2) is 60.7 Å². The van der Waals surface area contributed by atoms with Crippen molar-refractivity contribution >= 4 is 22.2 Å². The molecule has 0 amide bonds. The van der Waals surface area contributed by atoms with E-state index in [0.717, 1.165) is 10.8 Å². The van der Waals surface area contributed by atoms with Gasteiger partial charge in [-0.3, -0.25) is 14.9 Å².